The van der Waals surface area contributed by atoms with E-state index < -0.39 is 0 Å². The molecule has 3 heterocycles. The Hall–Kier alpha value is -2.68. The number of hydrogen-bond donors (Lipinski definition) is 1. The number of nitrogens with one attached hydrogen (secondary N) is 1. The van der Waals surface area contributed by atoms with Crippen molar-refractivity contribution in [1.29, 1.82) is 0 Å². The molecule has 0 radical (unpaired) electrons. The number of hydrogen-bond acceptors (Lipinski definition) is 6. The van der Waals surface area contributed by atoms with Crippen LogP contribution in [0.1, 0.15) is 17.5 Å². The van der Waals surface area contributed by atoms with Crippen molar-refractivity contribution in [2.24, 2.45) is 7.05 Å². The van der Waals surface area contributed by atoms with Crippen molar-refractivity contribution in [2.75, 3.05) is 44.0 Å². The predicted molar refractivity (Wildman–Crippen MR) is 93.6 cm³/mol. The van der Waals surface area contributed by atoms with Crippen molar-refractivity contribution in [3.63, 3.8) is 0 Å². The number of carbonyl (C=O) groups excluding carboxylic acids is 1. The topological polar surface area (TPSA) is 88.4 Å². The third kappa shape index (κ3) is 3.87. The monoisotopic (exact) mass is 345 g/mol. The lowest BCUT2D eigenvalue weighted by molar-refractivity contribution is -0.0157. The maximum absolute atomic E-state index is 12.5. The van der Waals surface area contributed by atoms with Crippen molar-refractivity contribution in [3.8, 4) is 0 Å². The molecule has 0 spiro atoms. The Labute approximate surface area is 146 Å². The van der Waals surface area contributed by atoms with Crippen LogP contribution in [0.3, 0.4) is 0 Å². The van der Waals surface area contributed by atoms with Gasteiger partial charge in [-0.25, -0.2) is 14.8 Å². The van der Waals surface area contributed by atoms with Crippen molar-refractivity contribution < 1.29 is 9.53 Å². The summed E-state index contributed by atoms with van der Waals surface area (Å²) in [7, 11) is 5.61. The summed E-state index contributed by atoms with van der Waals surface area (Å²) < 4.78 is 7.53. The number of aryl methyl sites for hydroxylation is 2. The lowest BCUT2D eigenvalue weighted by Crippen LogP contribution is -2.44. The van der Waals surface area contributed by atoms with Crippen LogP contribution in [0, 0.1) is 6.92 Å². The number of carbonyl (C=O) groups is 1. The molecule has 1 fully saturated rings. The van der Waals surface area contributed by atoms with Crippen LogP contribution in [0.25, 0.3) is 0 Å². The number of anilines is 2. The second-order valence-electron chi connectivity index (χ2n) is 6.21. The Kier molecular flexibility index (Phi) is 4.84. The molecule has 1 atom stereocenters. The van der Waals surface area contributed by atoms with Gasteiger partial charge in [0, 0.05) is 45.6 Å². The van der Waals surface area contributed by atoms with E-state index in [0.717, 1.165) is 11.4 Å². The Morgan fingerprint density at radius 1 is 1.44 bits per heavy atom. The minimum atomic E-state index is -0.272. The van der Waals surface area contributed by atoms with E-state index in [1.807, 2.05) is 45.1 Å². The average Bonchev–Trinajstić information content (AvgIpc) is 2.92. The van der Waals surface area contributed by atoms with Crippen molar-refractivity contribution in [2.45, 2.75) is 13.0 Å². The Morgan fingerprint density at radius 2 is 2.24 bits per heavy atom. The fourth-order valence-electron chi connectivity index (χ4n) is 2.58. The third-order valence-electron chi connectivity index (χ3n) is 4.10. The first-order valence-electron chi connectivity index (χ1n) is 8.12. The summed E-state index contributed by atoms with van der Waals surface area (Å²) in [6.45, 7) is 3.35. The van der Waals surface area contributed by atoms with Gasteiger partial charge in [-0.05, 0) is 13.0 Å². The van der Waals surface area contributed by atoms with Gasteiger partial charge in [-0.15, -0.1) is 0 Å². The van der Waals surface area contributed by atoms with E-state index >= 15 is 0 Å². The molecule has 2 amide bonds. The molecule has 9 heteroatoms. The fraction of sp³-hybridized carbons (Fsp3) is 0.500. The van der Waals surface area contributed by atoms with Gasteiger partial charge in [-0.3, -0.25) is 10.00 Å². The molecule has 25 heavy (non-hydrogen) atoms. The fourth-order valence-corrected chi connectivity index (χ4v) is 2.58. The van der Waals surface area contributed by atoms with Crippen LogP contribution in [-0.4, -0.2) is 64.5 Å². The van der Waals surface area contributed by atoms with Gasteiger partial charge < -0.3 is 14.5 Å². The third-order valence-corrected chi connectivity index (χ3v) is 4.10. The first kappa shape index (κ1) is 17.2. The van der Waals surface area contributed by atoms with Gasteiger partial charge in [0.25, 0.3) is 0 Å². The standard InChI is InChI=1S/C16H23N7O2/c1-11-9-14(20-22(11)4)19-16(24)23-7-8-25-13(10-23)12-5-6-17-15(18-12)21(2)3/h5-6,9,13H,7-8,10H2,1-4H3,(H,19,20,24). The molecule has 3 rings (SSSR count). The Morgan fingerprint density at radius 3 is 2.92 bits per heavy atom. The highest BCUT2D eigenvalue weighted by Gasteiger charge is 2.27. The van der Waals surface area contributed by atoms with E-state index in [2.05, 4.69) is 20.4 Å². The van der Waals surface area contributed by atoms with Crippen LogP contribution in [-0.2, 0) is 11.8 Å². The largest absolute Gasteiger partial charge is 0.368 e. The predicted octanol–water partition coefficient (Wildman–Crippen LogP) is 1.19. The van der Waals surface area contributed by atoms with E-state index in [-0.39, 0.29) is 12.1 Å². The summed E-state index contributed by atoms with van der Waals surface area (Å²) in [6.07, 6.45) is 1.43. The number of urea groups is 1. The molecule has 0 aliphatic carbocycles. The second-order valence-corrected chi connectivity index (χ2v) is 6.21. The van der Waals surface area contributed by atoms with E-state index in [9.17, 15) is 4.79 Å². The van der Waals surface area contributed by atoms with Crippen LogP contribution in [0.2, 0.25) is 0 Å². The quantitative estimate of drug-likeness (QED) is 0.899. The summed E-state index contributed by atoms with van der Waals surface area (Å²) >= 11 is 0. The molecule has 134 valence electrons. The number of rotatable bonds is 3. The maximum atomic E-state index is 12.5. The summed E-state index contributed by atoms with van der Waals surface area (Å²) in [4.78, 5) is 24.8. The minimum absolute atomic E-state index is 0.187. The number of nitrogens with zero attached hydrogens (tertiary/aromatic N) is 6. The van der Waals surface area contributed by atoms with Gasteiger partial charge in [0.05, 0.1) is 18.8 Å². The highest BCUT2D eigenvalue weighted by Crippen LogP contribution is 2.22. The molecule has 1 N–H and O–H groups in total. The van der Waals surface area contributed by atoms with Crippen LogP contribution in [0.4, 0.5) is 16.6 Å². The van der Waals surface area contributed by atoms with Crippen LogP contribution < -0.4 is 10.2 Å². The average molecular weight is 345 g/mol. The lowest BCUT2D eigenvalue weighted by atomic mass is 10.2. The molecule has 1 saturated heterocycles. The molecular formula is C16H23N7O2. The number of morpholine rings is 1. The van der Waals surface area contributed by atoms with Gasteiger partial charge in [0.2, 0.25) is 5.95 Å². The van der Waals surface area contributed by atoms with E-state index in [0.29, 0.717) is 31.5 Å². The number of amides is 2. The maximum Gasteiger partial charge on any atom is 0.323 e. The second kappa shape index (κ2) is 7.06. The smallest absolute Gasteiger partial charge is 0.323 e. The van der Waals surface area contributed by atoms with Crippen molar-refractivity contribution >= 4 is 17.8 Å². The normalized spacial score (nSPS) is 17.4. The van der Waals surface area contributed by atoms with Gasteiger partial charge in [0.15, 0.2) is 5.82 Å². The number of ether oxygens (including phenoxy) is 1. The van der Waals surface area contributed by atoms with Crippen molar-refractivity contribution in [1.82, 2.24) is 24.6 Å². The van der Waals surface area contributed by atoms with Crippen LogP contribution in [0.15, 0.2) is 18.3 Å². The molecule has 0 saturated carbocycles. The highest BCUT2D eigenvalue weighted by atomic mass is 16.5. The van der Waals surface area contributed by atoms with Gasteiger partial charge in [0.1, 0.15) is 6.10 Å². The summed E-state index contributed by atoms with van der Waals surface area (Å²) in [5, 5.41) is 7.09. The van der Waals surface area contributed by atoms with Crippen molar-refractivity contribution in [3.05, 3.63) is 29.7 Å². The SMILES string of the molecule is Cc1cc(NC(=O)N2CCOC(c3ccnc(N(C)C)n3)C2)nn1C. The zero-order valence-electron chi connectivity index (χ0n) is 14.9. The molecule has 1 unspecified atom stereocenters. The molecule has 2 aromatic rings. The Bertz CT molecular complexity index is 739. The Balaban J connectivity index is 1.68. The number of aromatic nitrogens is 4. The zero-order chi connectivity index (χ0) is 18.0. The van der Waals surface area contributed by atoms with Gasteiger partial charge in [-0.2, -0.15) is 5.10 Å². The molecule has 1 aliphatic heterocycles. The summed E-state index contributed by atoms with van der Waals surface area (Å²) in [6, 6.07) is 3.47. The van der Waals surface area contributed by atoms with E-state index in [4.69, 9.17) is 4.74 Å². The minimum Gasteiger partial charge on any atom is -0.368 e. The molecule has 0 bridgehead atoms. The summed E-state index contributed by atoms with van der Waals surface area (Å²) in [5.74, 6) is 1.16. The molecule has 1 aliphatic rings. The summed E-state index contributed by atoms with van der Waals surface area (Å²) in [5.41, 5.74) is 1.75. The first-order chi connectivity index (χ1) is 11.9. The highest BCUT2D eigenvalue weighted by molar-refractivity contribution is 5.88. The molecule has 2 aromatic heterocycles. The van der Waals surface area contributed by atoms with Gasteiger partial charge >= 0.3 is 6.03 Å². The van der Waals surface area contributed by atoms with Crippen LogP contribution >= 0.6 is 0 Å². The first-order valence-corrected chi connectivity index (χ1v) is 8.12. The molecule has 0 aromatic carbocycles. The van der Waals surface area contributed by atoms with Gasteiger partial charge in [-0.1, -0.05) is 0 Å². The molecular weight excluding hydrogens is 322 g/mol. The van der Waals surface area contributed by atoms with E-state index in [1.54, 1.807) is 15.8 Å². The zero-order valence-corrected chi connectivity index (χ0v) is 14.9. The molecule has 9 nitrogen and oxygen atoms in total. The lowest BCUT2D eigenvalue weighted by Gasteiger charge is -2.32. The van der Waals surface area contributed by atoms with E-state index in [1.165, 1.54) is 0 Å². The van der Waals surface area contributed by atoms with Crippen LogP contribution in [0.5, 0.6) is 0 Å².